The van der Waals surface area contributed by atoms with Gasteiger partial charge in [-0.1, -0.05) is 13.3 Å². The van der Waals surface area contributed by atoms with Gasteiger partial charge in [-0.05, 0) is 45.7 Å². The molecule has 0 fully saturated rings. The summed E-state index contributed by atoms with van der Waals surface area (Å²) in [4.78, 5) is 11.8. The fourth-order valence-electron chi connectivity index (χ4n) is 1.59. The zero-order valence-corrected chi connectivity index (χ0v) is 14.4. The number of carbonyl (C=O) groups is 1. The minimum absolute atomic E-state index is 0.0375. The molecule has 1 atom stereocenters. The zero-order chi connectivity index (χ0) is 13.7. The number of rotatable bonds is 7. The molecule has 17 heavy (non-hydrogen) atoms. The first-order valence-corrected chi connectivity index (χ1v) is 13.2. The predicted molar refractivity (Wildman–Crippen MR) is 77.2 cm³/mol. The number of carbonyl (C=O) groups excluding carboxylic acids is 1. The lowest BCUT2D eigenvalue weighted by Crippen LogP contribution is -2.36. The van der Waals surface area contributed by atoms with E-state index < -0.39 is 16.6 Å². The van der Waals surface area contributed by atoms with Gasteiger partial charge in [0, 0.05) is 0 Å². The summed E-state index contributed by atoms with van der Waals surface area (Å²) in [6, 6.07) is 0. The van der Waals surface area contributed by atoms with Gasteiger partial charge in [0.05, 0.1) is 12.5 Å². The first-order valence-electron chi connectivity index (χ1n) is 6.43. The maximum Gasteiger partial charge on any atom is 0.295 e. The van der Waals surface area contributed by atoms with Crippen molar-refractivity contribution in [2.24, 2.45) is 0 Å². The van der Waals surface area contributed by atoms with E-state index in [4.69, 9.17) is 8.85 Å². The topological polar surface area (TPSA) is 35.5 Å². The lowest BCUT2D eigenvalue weighted by atomic mass is 10.1. The third-order valence-corrected chi connectivity index (χ3v) is 3.83. The second-order valence-corrected chi connectivity index (χ2v) is 15.3. The minimum Gasteiger partial charge on any atom is -0.520 e. The average molecular weight is 277 g/mol. The Kier molecular flexibility index (Phi) is 6.65. The molecule has 1 unspecified atom stereocenters. The van der Waals surface area contributed by atoms with E-state index in [1.807, 2.05) is 19.6 Å². The van der Waals surface area contributed by atoms with Crippen molar-refractivity contribution in [3.63, 3.8) is 0 Å². The Morgan fingerprint density at radius 3 is 1.94 bits per heavy atom. The van der Waals surface area contributed by atoms with E-state index in [1.165, 1.54) is 0 Å². The third-order valence-electron chi connectivity index (χ3n) is 1.95. The van der Waals surface area contributed by atoms with Crippen LogP contribution in [0.5, 0.6) is 0 Å². The highest BCUT2D eigenvalue weighted by molar-refractivity contribution is 6.71. The molecule has 0 heterocycles. The third kappa shape index (κ3) is 10.7. The van der Waals surface area contributed by atoms with Crippen LogP contribution in [0.15, 0.2) is 0 Å². The van der Waals surface area contributed by atoms with Gasteiger partial charge < -0.3 is 8.85 Å². The van der Waals surface area contributed by atoms with Crippen molar-refractivity contribution in [1.82, 2.24) is 0 Å². The van der Waals surface area contributed by atoms with Crippen molar-refractivity contribution >= 4 is 22.6 Å². The highest BCUT2D eigenvalue weighted by atomic mass is 28.4. The summed E-state index contributed by atoms with van der Waals surface area (Å²) in [5.74, 6) is -0.0964. The quantitative estimate of drug-likeness (QED) is 0.664. The van der Waals surface area contributed by atoms with Gasteiger partial charge in [0.1, 0.15) is 0 Å². The van der Waals surface area contributed by atoms with Crippen molar-refractivity contribution < 1.29 is 13.6 Å². The Bertz CT molecular complexity index is 241. The van der Waals surface area contributed by atoms with Gasteiger partial charge in [0.25, 0.3) is 5.97 Å². The van der Waals surface area contributed by atoms with E-state index >= 15 is 0 Å². The predicted octanol–water partition coefficient (Wildman–Crippen LogP) is 3.77. The lowest BCUT2D eigenvalue weighted by Gasteiger charge is -2.27. The van der Waals surface area contributed by atoms with E-state index in [9.17, 15) is 4.79 Å². The monoisotopic (exact) mass is 276 g/mol. The summed E-state index contributed by atoms with van der Waals surface area (Å²) in [5, 5.41) is 0. The molecule has 0 aliphatic heterocycles. The lowest BCUT2D eigenvalue weighted by molar-refractivity contribution is -0.137. The molecule has 0 aliphatic carbocycles. The molecule has 0 saturated heterocycles. The molecule has 0 saturated carbocycles. The maximum absolute atomic E-state index is 11.8. The maximum atomic E-state index is 11.8. The SMILES string of the molecule is CCCC(CC(=O)O[Si](C)(C)C)O[Si](C)(C)C. The molecule has 0 aromatic heterocycles. The van der Waals surface area contributed by atoms with Gasteiger partial charge >= 0.3 is 0 Å². The van der Waals surface area contributed by atoms with Crippen LogP contribution in [0.2, 0.25) is 39.3 Å². The Balaban J connectivity index is 4.30. The van der Waals surface area contributed by atoms with Crippen LogP contribution in [-0.4, -0.2) is 28.7 Å². The normalized spacial score (nSPS) is 14.5. The first kappa shape index (κ1) is 16.9. The minimum atomic E-state index is -1.76. The molecule has 0 aromatic carbocycles. The van der Waals surface area contributed by atoms with Crippen LogP contribution < -0.4 is 0 Å². The van der Waals surface area contributed by atoms with Crippen molar-refractivity contribution in [1.29, 1.82) is 0 Å². The van der Waals surface area contributed by atoms with Crippen LogP contribution >= 0.6 is 0 Å². The highest BCUT2D eigenvalue weighted by Gasteiger charge is 2.26. The summed E-state index contributed by atoms with van der Waals surface area (Å²) in [6.07, 6.45) is 2.42. The van der Waals surface area contributed by atoms with Crippen molar-refractivity contribution in [2.45, 2.75) is 71.6 Å². The number of hydrogen-bond acceptors (Lipinski definition) is 3. The fourth-order valence-corrected chi connectivity index (χ4v) is 3.56. The molecular weight excluding hydrogens is 248 g/mol. The summed E-state index contributed by atoms with van der Waals surface area (Å²) < 4.78 is 11.5. The highest BCUT2D eigenvalue weighted by Crippen LogP contribution is 2.16. The molecule has 3 nitrogen and oxygen atoms in total. The van der Waals surface area contributed by atoms with Crippen LogP contribution in [0.3, 0.4) is 0 Å². The molecule has 0 aliphatic rings. The van der Waals surface area contributed by atoms with E-state index in [2.05, 4.69) is 26.6 Å². The molecule has 5 heteroatoms. The molecule has 0 N–H and O–H groups in total. The van der Waals surface area contributed by atoms with E-state index in [0.717, 1.165) is 12.8 Å². The smallest absolute Gasteiger partial charge is 0.295 e. The Labute approximate surface area is 108 Å². The van der Waals surface area contributed by atoms with Crippen LogP contribution in [0.4, 0.5) is 0 Å². The van der Waals surface area contributed by atoms with Crippen LogP contribution in [-0.2, 0) is 13.6 Å². The van der Waals surface area contributed by atoms with Crippen LogP contribution in [0.1, 0.15) is 26.2 Å². The second-order valence-electron chi connectivity index (χ2n) is 6.43. The molecule has 0 aromatic rings. The van der Waals surface area contributed by atoms with E-state index in [1.54, 1.807) is 0 Å². The van der Waals surface area contributed by atoms with Crippen LogP contribution in [0, 0.1) is 0 Å². The Morgan fingerprint density at radius 1 is 1.06 bits per heavy atom. The summed E-state index contributed by atoms with van der Waals surface area (Å²) >= 11 is 0. The van der Waals surface area contributed by atoms with E-state index in [0.29, 0.717) is 6.42 Å². The van der Waals surface area contributed by atoms with Crippen LogP contribution in [0.25, 0.3) is 0 Å². The number of hydrogen-bond donors (Lipinski definition) is 0. The van der Waals surface area contributed by atoms with E-state index in [-0.39, 0.29) is 12.1 Å². The summed E-state index contributed by atoms with van der Waals surface area (Å²) in [7, 11) is -3.34. The Morgan fingerprint density at radius 2 is 1.59 bits per heavy atom. The summed E-state index contributed by atoms with van der Waals surface area (Å²) in [6.45, 7) is 14.7. The fraction of sp³-hybridized carbons (Fsp3) is 0.917. The Hall–Kier alpha value is -0.136. The molecule has 0 spiro atoms. The average Bonchev–Trinajstić information content (AvgIpc) is 1.95. The second kappa shape index (κ2) is 6.70. The van der Waals surface area contributed by atoms with Gasteiger partial charge in [-0.25, -0.2) is 0 Å². The van der Waals surface area contributed by atoms with Gasteiger partial charge in [-0.15, -0.1) is 0 Å². The zero-order valence-electron chi connectivity index (χ0n) is 12.4. The van der Waals surface area contributed by atoms with Gasteiger partial charge in [0.15, 0.2) is 8.32 Å². The molecule has 0 bridgehead atoms. The van der Waals surface area contributed by atoms with Gasteiger partial charge in [-0.2, -0.15) is 0 Å². The molecule has 0 amide bonds. The van der Waals surface area contributed by atoms with Crippen molar-refractivity contribution in [3.05, 3.63) is 0 Å². The first-order chi connectivity index (χ1) is 7.53. The van der Waals surface area contributed by atoms with Crippen molar-refractivity contribution in [3.8, 4) is 0 Å². The molecule has 0 rings (SSSR count). The molecule has 102 valence electrons. The molecule has 0 radical (unpaired) electrons. The molecular formula is C12H28O3Si2. The standard InChI is InChI=1S/C12H28O3Si2/c1-8-9-11(14-16(2,3)4)10-12(13)15-17(5,6)7/h11H,8-10H2,1-7H3. The van der Waals surface area contributed by atoms with Gasteiger partial charge in [0.2, 0.25) is 8.32 Å². The largest absolute Gasteiger partial charge is 0.520 e. The van der Waals surface area contributed by atoms with Gasteiger partial charge in [-0.3, -0.25) is 4.79 Å². The summed E-state index contributed by atoms with van der Waals surface area (Å²) in [5.41, 5.74) is 0. The van der Waals surface area contributed by atoms with Crippen molar-refractivity contribution in [2.75, 3.05) is 0 Å².